The van der Waals surface area contributed by atoms with Crippen LogP contribution in [0.3, 0.4) is 0 Å². The average Bonchev–Trinajstić information content (AvgIpc) is 2.57. The molecule has 0 heterocycles. The number of hydrogen-bond donors (Lipinski definition) is 3. The number of carbonyl (C=O) groups is 1. The first-order valence-corrected chi connectivity index (χ1v) is 7.44. The van der Waals surface area contributed by atoms with Gasteiger partial charge in [0.05, 0.1) is 17.8 Å². The third-order valence-corrected chi connectivity index (χ3v) is 3.63. The summed E-state index contributed by atoms with van der Waals surface area (Å²) in [6.07, 6.45) is 0.0805. The molecule has 1 atom stereocenters. The van der Waals surface area contributed by atoms with Crippen molar-refractivity contribution in [2.75, 3.05) is 7.11 Å². The highest BCUT2D eigenvalue weighted by atomic mass is 79.9. The van der Waals surface area contributed by atoms with Crippen molar-refractivity contribution in [1.29, 1.82) is 0 Å². The van der Waals surface area contributed by atoms with E-state index in [1.165, 1.54) is 13.3 Å². The predicted octanol–water partition coefficient (Wildman–Crippen LogP) is 2.35. The highest BCUT2D eigenvalue weighted by Crippen LogP contribution is 2.34. The Morgan fingerprint density at radius 2 is 2.04 bits per heavy atom. The molecule has 0 radical (unpaired) electrons. The Morgan fingerprint density at radius 1 is 1.35 bits per heavy atom. The summed E-state index contributed by atoms with van der Waals surface area (Å²) in [6, 6.07) is 11.7. The zero-order chi connectivity index (χ0) is 16.8. The van der Waals surface area contributed by atoms with E-state index in [1.54, 1.807) is 42.5 Å². The van der Waals surface area contributed by atoms with Gasteiger partial charge in [-0.15, -0.1) is 0 Å². The average molecular weight is 379 g/mol. The van der Waals surface area contributed by atoms with E-state index in [-0.39, 0.29) is 11.5 Å². The van der Waals surface area contributed by atoms with Gasteiger partial charge in [0.25, 0.3) is 5.91 Å². The second-order valence-corrected chi connectivity index (χ2v) is 5.46. The molecule has 2 rings (SSSR count). The molecule has 0 aliphatic heterocycles. The quantitative estimate of drug-likeness (QED) is 0.550. The van der Waals surface area contributed by atoms with Gasteiger partial charge in [0, 0.05) is 0 Å². The maximum atomic E-state index is 11.8. The Hall–Kier alpha value is -2.38. The van der Waals surface area contributed by atoms with Crippen LogP contribution in [0.15, 0.2) is 52.0 Å². The molecule has 6 nitrogen and oxygen atoms in total. The van der Waals surface area contributed by atoms with Crippen molar-refractivity contribution in [2.45, 2.75) is 6.10 Å². The lowest BCUT2D eigenvalue weighted by molar-refractivity contribution is -0.129. The monoisotopic (exact) mass is 378 g/mol. The van der Waals surface area contributed by atoms with Crippen molar-refractivity contribution < 1.29 is 19.7 Å². The second kappa shape index (κ2) is 7.75. The number of nitrogens with one attached hydrogen (secondary N) is 1. The normalized spacial score (nSPS) is 12.1. The summed E-state index contributed by atoms with van der Waals surface area (Å²) in [5.41, 5.74) is 3.34. The summed E-state index contributed by atoms with van der Waals surface area (Å²) in [7, 11) is 1.43. The zero-order valence-electron chi connectivity index (χ0n) is 12.2. The van der Waals surface area contributed by atoms with Crippen LogP contribution in [0.25, 0.3) is 0 Å². The standard InChI is InChI=1S/C16H15BrN2O4/c1-23-13-8-10(7-12(17)15(13)21)9-18-19-16(22)14(20)11-5-3-2-4-6-11/h2-9,14,20-21H,1H3,(H,19,22)/b18-9+. The second-order valence-electron chi connectivity index (χ2n) is 4.60. The van der Waals surface area contributed by atoms with Crippen LogP contribution in [-0.4, -0.2) is 29.4 Å². The van der Waals surface area contributed by atoms with E-state index in [1.807, 2.05) is 0 Å². The first kappa shape index (κ1) is 17.0. The molecule has 3 N–H and O–H groups in total. The van der Waals surface area contributed by atoms with Gasteiger partial charge in [0.15, 0.2) is 17.6 Å². The maximum absolute atomic E-state index is 11.8. The molecule has 7 heteroatoms. The molecule has 1 amide bonds. The van der Waals surface area contributed by atoms with Gasteiger partial charge in [0.1, 0.15) is 0 Å². The number of aliphatic hydroxyl groups excluding tert-OH is 1. The highest BCUT2D eigenvalue weighted by Gasteiger charge is 2.16. The van der Waals surface area contributed by atoms with Crippen LogP contribution in [0.1, 0.15) is 17.2 Å². The molecular weight excluding hydrogens is 364 g/mol. The number of aromatic hydroxyl groups is 1. The van der Waals surface area contributed by atoms with Crippen LogP contribution in [-0.2, 0) is 4.79 Å². The number of nitrogens with zero attached hydrogens (tertiary/aromatic N) is 1. The molecule has 0 fully saturated rings. The van der Waals surface area contributed by atoms with E-state index in [0.29, 0.717) is 15.6 Å². The number of methoxy groups -OCH3 is 1. The number of benzene rings is 2. The van der Waals surface area contributed by atoms with E-state index >= 15 is 0 Å². The summed E-state index contributed by atoms with van der Waals surface area (Å²) >= 11 is 3.19. The van der Waals surface area contributed by atoms with Gasteiger partial charge in [-0.05, 0) is 39.2 Å². The van der Waals surface area contributed by atoms with E-state index in [0.717, 1.165) is 0 Å². The fourth-order valence-electron chi connectivity index (χ4n) is 1.84. The van der Waals surface area contributed by atoms with Gasteiger partial charge in [-0.1, -0.05) is 30.3 Å². The Morgan fingerprint density at radius 3 is 2.70 bits per heavy atom. The van der Waals surface area contributed by atoms with Crippen molar-refractivity contribution in [2.24, 2.45) is 5.10 Å². The van der Waals surface area contributed by atoms with Gasteiger partial charge < -0.3 is 14.9 Å². The number of aliphatic hydroxyl groups is 1. The lowest BCUT2D eigenvalue weighted by atomic mass is 10.1. The van der Waals surface area contributed by atoms with E-state index in [4.69, 9.17) is 4.74 Å². The van der Waals surface area contributed by atoms with Crippen LogP contribution in [0, 0.1) is 0 Å². The van der Waals surface area contributed by atoms with Crippen LogP contribution >= 0.6 is 15.9 Å². The van der Waals surface area contributed by atoms with Crippen LogP contribution < -0.4 is 10.2 Å². The summed E-state index contributed by atoms with van der Waals surface area (Å²) < 4.78 is 5.46. The number of hydrazone groups is 1. The minimum atomic E-state index is -1.30. The molecule has 0 saturated carbocycles. The molecule has 0 aliphatic carbocycles. The van der Waals surface area contributed by atoms with Crippen molar-refractivity contribution >= 4 is 28.1 Å². The van der Waals surface area contributed by atoms with Crippen LogP contribution in [0.2, 0.25) is 0 Å². The molecule has 23 heavy (non-hydrogen) atoms. The van der Waals surface area contributed by atoms with E-state index in [2.05, 4.69) is 26.5 Å². The summed E-state index contributed by atoms with van der Waals surface area (Å²) in [5.74, 6) is -0.387. The molecule has 2 aromatic carbocycles. The predicted molar refractivity (Wildman–Crippen MR) is 89.5 cm³/mol. The number of carbonyl (C=O) groups excluding carboxylic acids is 1. The number of ether oxygens (including phenoxy) is 1. The molecule has 0 saturated heterocycles. The molecule has 0 aromatic heterocycles. The fourth-order valence-corrected chi connectivity index (χ4v) is 2.30. The van der Waals surface area contributed by atoms with E-state index < -0.39 is 12.0 Å². The van der Waals surface area contributed by atoms with Gasteiger partial charge in [-0.3, -0.25) is 4.79 Å². The minimum Gasteiger partial charge on any atom is -0.503 e. The Labute approximate surface area is 141 Å². The summed E-state index contributed by atoms with van der Waals surface area (Å²) in [6.45, 7) is 0. The molecule has 1 unspecified atom stereocenters. The number of phenols is 1. The number of amides is 1. The Balaban J connectivity index is 2.04. The minimum absolute atomic E-state index is 0.0202. The Bertz CT molecular complexity index is 720. The highest BCUT2D eigenvalue weighted by molar-refractivity contribution is 9.10. The van der Waals surface area contributed by atoms with Crippen molar-refractivity contribution in [3.05, 3.63) is 58.1 Å². The van der Waals surface area contributed by atoms with Crippen molar-refractivity contribution in [3.8, 4) is 11.5 Å². The fraction of sp³-hybridized carbons (Fsp3) is 0.125. The van der Waals surface area contributed by atoms with Crippen molar-refractivity contribution in [3.63, 3.8) is 0 Å². The van der Waals surface area contributed by atoms with Gasteiger partial charge in [-0.25, -0.2) is 5.43 Å². The smallest absolute Gasteiger partial charge is 0.273 e. The number of hydrogen-bond acceptors (Lipinski definition) is 5. The van der Waals surface area contributed by atoms with Gasteiger partial charge in [-0.2, -0.15) is 5.10 Å². The lowest BCUT2D eigenvalue weighted by Gasteiger charge is -2.09. The largest absolute Gasteiger partial charge is 0.503 e. The topological polar surface area (TPSA) is 91.2 Å². The molecular formula is C16H15BrN2O4. The lowest BCUT2D eigenvalue weighted by Crippen LogP contribution is -2.25. The SMILES string of the molecule is COc1cc(/C=N/NC(=O)C(O)c2ccccc2)cc(Br)c1O. The maximum Gasteiger partial charge on any atom is 0.273 e. The number of rotatable bonds is 5. The van der Waals surface area contributed by atoms with Crippen LogP contribution in [0.5, 0.6) is 11.5 Å². The first-order chi connectivity index (χ1) is 11.0. The first-order valence-electron chi connectivity index (χ1n) is 6.65. The Kier molecular flexibility index (Phi) is 5.72. The summed E-state index contributed by atoms with van der Waals surface area (Å²) in [5, 5.41) is 23.4. The third kappa shape index (κ3) is 4.30. The molecule has 120 valence electrons. The van der Waals surface area contributed by atoms with E-state index in [9.17, 15) is 15.0 Å². The number of halogens is 1. The van der Waals surface area contributed by atoms with Crippen molar-refractivity contribution in [1.82, 2.24) is 5.43 Å². The number of phenolic OH excluding ortho intramolecular Hbond substituents is 1. The van der Waals surface area contributed by atoms with Gasteiger partial charge >= 0.3 is 0 Å². The molecule has 0 spiro atoms. The zero-order valence-corrected chi connectivity index (χ0v) is 13.8. The third-order valence-electron chi connectivity index (χ3n) is 3.02. The van der Waals surface area contributed by atoms with Gasteiger partial charge in [0.2, 0.25) is 0 Å². The molecule has 2 aromatic rings. The molecule has 0 aliphatic rings. The van der Waals surface area contributed by atoms with Crippen LogP contribution in [0.4, 0.5) is 0 Å². The summed E-state index contributed by atoms with van der Waals surface area (Å²) in [4.78, 5) is 11.8. The molecule has 0 bridgehead atoms.